The summed E-state index contributed by atoms with van der Waals surface area (Å²) in [6.45, 7) is 0.465. The number of rotatable bonds is 4. The predicted molar refractivity (Wildman–Crippen MR) is 41.2 cm³/mol. The molecule has 0 aliphatic heterocycles. The van der Waals surface area contributed by atoms with E-state index in [1.165, 1.54) is 0 Å². The van der Waals surface area contributed by atoms with Crippen LogP contribution in [0.1, 0.15) is 6.42 Å². The van der Waals surface area contributed by atoms with Crippen LogP contribution in [0.3, 0.4) is 0 Å². The van der Waals surface area contributed by atoms with E-state index in [4.69, 9.17) is 10.2 Å². The molecule has 0 aliphatic carbocycles. The highest BCUT2D eigenvalue weighted by Gasteiger charge is 2.17. The van der Waals surface area contributed by atoms with Gasteiger partial charge in [0, 0.05) is 0 Å². The second-order valence-corrected chi connectivity index (χ2v) is 3.72. The van der Waals surface area contributed by atoms with E-state index >= 15 is 0 Å². The van der Waals surface area contributed by atoms with Gasteiger partial charge in [0.05, 0.1) is 27.6 Å². The third-order valence-electron chi connectivity index (χ3n) is 1.17. The molecule has 12 heavy (non-hydrogen) atoms. The number of carboxylic acids is 1. The first-order valence-corrected chi connectivity index (χ1v) is 3.51. The van der Waals surface area contributed by atoms with Crippen LogP contribution in [-0.4, -0.2) is 54.5 Å². The summed E-state index contributed by atoms with van der Waals surface area (Å²) in [7, 11) is 5.72. The van der Waals surface area contributed by atoms with Crippen molar-refractivity contribution in [2.24, 2.45) is 0 Å². The largest absolute Gasteiger partial charge is 1.00 e. The molecule has 0 aliphatic rings. The van der Waals surface area contributed by atoms with Gasteiger partial charge in [-0.3, -0.25) is 4.79 Å². The Bertz CT molecular complexity index is 144. The molecule has 0 spiro atoms. The Labute approximate surface area is 83.2 Å². The summed E-state index contributed by atoms with van der Waals surface area (Å²) in [5.41, 5.74) is 0. The quantitative estimate of drug-likeness (QED) is 0.504. The second kappa shape index (κ2) is 5.50. The second-order valence-electron chi connectivity index (χ2n) is 3.72. The third-order valence-corrected chi connectivity index (χ3v) is 1.17. The molecule has 0 saturated carbocycles. The van der Waals surface area contributed by atoms with Crippen LogP contribution in [-0.2, 0) is 4.79 Å². The molecular weight excluding hydrogens is 226 g/mol. The van der Waals surface area contributed by atoms with Gasteiger partial charge in [0.25, 0.3) is 0 Å². The molecule has 1 unspecified atom stereocenters. The number of aliphatic hydroxyl groups excluding tert-OH is 1. The van der Waals surface area contributed by atoms with Crippen LogP contribution in [0.15, 0.2) is 0 Å². The Morgan fingerprint density at radius 2 is 1.83 bits per heavy atom. The Balaban J connectivity index is 0. The summed E-state index contributed by atoms with van der Waals surface area (Å²) in [5.74, 6) is -0.953. The zero-order valence-corrected chi connectivity index (χ0v) is 9.21. The zero-order valence-electron chi connectivity index (χ0n) is 7.62. The summed E-state index contributed by atoms with van der Waals surface area (Å²) in [6, 6.07) is 0. The fourth-order valence-corrected chi connectivity index (χ4v) is 0.898. The number of aliphatic hydroxyl groups is 1. The lowest BCUT2D eigenvalue weighted by Gasteiger charge is -2.25. The first-order chi connectivity index (χ1) is 4.81. The van der Waals surface area contributed by atoms with Crippen LogP contribution in [0, 0.1) is 0 Å². The van der Waals surface area contributed by atoms with E-state index in [0.717, 1.165) is 0 Å². The molecule has 0 saturated heterocycles. The van der Waals surface area contributed by atoms with Crippen LogP contribution in [0.2, 0.25) is 0 Å². The fourth-order valence-electron chi connectivity index (χ4n) is 0.898. The third kappa shape index (κ3) is 9.87. The van der Waals surface area contributed by atoms with E-state index in [-0.39, 0.29) is 23.4 Å². The maximum atomic E-state index is 10.1. The van der Waals surface area contributed by atoms with E-state index in [1.54, 1.807) is 0 Å². The Hall–Kier alpha value is -0.130. The minimum absolute atomic E-state index is 0. The number of likely N-dealkylation sites (N-methyl/N-ethyl adjacent to an activating group) is 1. The van der Waals surface area contributed by atoms with Gasteiger partial charge in [-0.25, -0.2) is 0 Å². The van der Waals surface area contributed by atoms with Gasteiger partial charge in [0.1, 0.15) is 12.6 Å². The molecule has 1 atom stereocenters. The van der Waals surface area contributed by atoms with Crippen LogP contribution in [0.25, 0.3) is 0 Å². The number of halogens is 1. The van der Waals surface area contributed by atoms with Crippen molar-refractivity contribution in [2.45, 2.75) is 12.5 Å². The monoisotopic (exact) mass is 241 g/mol. The normalized spacial score (nSPS) is 13.3. The van der Waals surface area contributed by atoms with Crippen molar-refractivity contribution in [2.75, 3.05) is 27.7 Å². The van der Waals surface area contributed by atoms with Crippen molar-refractivity contribution < 1.29 is 36.5 Å². The molecule has 0 bridgehead atoms. The molecule has 74 valence electrons. The van der Waals surface area contributed by atoms with E-state index in [9.17, 15) is 4.79 Å². The van der Waals surface area contributed by atoms with E-state index in [1.807, 2.05) is 21.1 Å². The Morgan fingerprint density at radius 1 is 1.42 bits per heavy atom. The maximum absolute atomic E-state index is 10.1. The van der Waals surface area contributed by atoms with Crippen molar-refractivity contribution in [3.63, 3.8) is 0 Å². The highest BCUT2D eigenvalue weighted by molar-refractivity contribution is 5.67. The topological polar surface area (TPSA) is 57.5 Å². The number of nitrogens with zero attached hydrogens (tertiary/aromatic N) is 1. The van der Waals surface area contributed by atoms with Gasteiger partial charge < -0.3 is 31.7 Å². The first kappa shape index (κ1) is 14.4. The number of quaternary nitrogens is 1. The molecule has 0 radical (unpaired) electrons. The van der Waals surface area contributed by atoms with E-state index < -0.39 is 12.1 Å². The molecule has 0 aromatic heterocycles. The summed E-state index contributed by atoms with van der Waals surface area (Å²) in [4.78, 5) is 10.1. The van der Waals surface area contributed by atoms with Gasteiger partial charge in [0.2, 0.25) is 0 Å². The average Bonchev–Trinajstić information content (AvgIpc) is 1.53. The molecule has 0 rings (SSSR count). The molecule has 0 heterocycles. The van der Waals surface area contributed by atoms with Gasteiger partial charge in [-0.2, -0.15) is 0 Å². The summed E-state index contributed by atoms with van der Waals surface area (Å²) in [5, 5.41) is 17.5. The van der Waals surface area contributed by atoms with Crippen molar-refractivity contribution in [1.82, 2.24) is 0 Å². The molecule has 2 N–H and O–H groups in total. The van der Waals surface area contributed by atoms with Crippen molar-refractivity contribution in [3.8, 4) is 0 Å². The fraction of sp³-hybridized carbons (Fsp3) is 0.857. The standard InChI is InChI=1S/C7H15NO3.BrH/c1-8(2,3)5-6(9)4-7(10)11;/h6,9H,4-5H2,1-3H3;1H. The van der Waals surface area contributed by atoms with E-state index in [2.05, 4.69) is 0 Å². The molecule has 0 amide bonds. The van der Waals surface area contributed by atoms with Gasteiger partial charge in [-0.15, -0.1) is 0 Å². The van der Waals surface area contributed by atoms with Crippen LogP contribution in [0.4, 0.5) is 0 Å². The van der Waals surface area contributed by atoms with Crippen molar-refractivity contribution in [1.29, 1.82) is 0 Å². The lowest BCUT2D eigenvalue weighted by Crippen LogP contribution is -3.00. The highest BCUT2D eigenvalue weighted by atomic mass is 79.9. The van der Waals surface area contributed by atoms with Gasteiger partial charge >= 0.3 is 5.97 Å². The lowest BCUT2D eigenvalue weighted by atomic mass is 10.2. The van der Waals surface area contributed by atoms with Crippen LogP contribution in [0.5, 0.6) is 0 Å². The average molecular weight is 242 g/mol. The molecule has 4 nitrogen and oxygen atoms in total. The number of carboxylic acid groups (broad SMARTS) is 1. The first-order valence-electron chi connectivity index (χ1n) is 3.51. The summed E-state index contributed by atoms with van der Waals surface area (Å²) < 4.78 is 0.578. The van der Waals surface area contributed by atoms with E-state index in [0.29, 0.717) is 11.0 Å². The number of carbonyl (C=O) groups is 1. The predicted octanol–water partition coefficient (Wildman–Crippen LogP) is -3.47. The molecule has 5 heteroatoms. The van der Waals surface area contributed by atoms with Crippen LogP contribution >= 0.6 is 0 Å². The molecule has 0 fully saturated rings. The van der Waals surface area contributed by atoms with Crippen molar-refractivity contribution in [3.05, 3.63) is 0 Å². The molecule has 0 aromatic carbocycles. The Kier molecular flexibility index (Phi) is 6.60. The zero-order chi connectivity index (χ0) is 9.07. The molecular formula is C7H16BrNO3. The minimum atomic E-state index is -0.953. The number of aliphatic carboxylic acids is 1. The van der Waals surface area contributed by atoms with Gasteiger partial charge in [-0.1, -0.05) is 0 Å². The molecule has 0 aromatic rings. The maximum Gasteiger partial charge on any atom is 0.306 e. The smallest absolute Gasteiger partial charge is 0.306 e. The number of hydrogen-bond donors (Lipinski definition) is 2. The minimum Gasteiger partial charge on any atom is -1.00 e. The van der Waals surface area contributed by atoms with Crippen LogP contribution < -0.4 is 17.0 Å². The highest BCUT2D eigenvalue weighted by Crippen LogP contribution is 1.98. The van der Waals surface area contributed by atoms with Gasteiger partial charge in [-0.05, 0) is 0 Å². The lowest BCUT2D eigenvalue weighted by molar-refractivity contribution is -0.873. The summed E-state index contributed by atoms with van der Waals surface area (Å²) in [6.07, 6.45) is -0.914. The SMILES string of the molecule is C[N+](C)(C)CC(O)CC(=O)O.[Br-]. The number of hydrogen-bond acceptors (Lipinski definition) is 2. The van der Waals surface area contributed by atoms with Crippen molar-refractivity contribution >= 4 is 5.97 Å². The van der Waals surface area contributed by atoms with Gasteiger partial charge in [0.15, 0.2) is 0 Å². The Morgan fingerprint density at radius 3 is 2.08 bits per heavy atom. The summed E-state index contributed by atoms with van der Waals surface area (Å²) >= 11 is 0.